The third-order valence-corrected chi connectivity index (χ3v) is 6.64. The predicted octanol–water partition coefficient (Wildman–Crippen LogP) is 4.08. The largest absolute Gasteiger partial charge is 0.280 e. The molecule has 164 valence electrons. The molecular weight excluding hydrogens is 436 g/mol. The lowest BCUT2D eigenvalue weighted by Gasteiger charge is -2.22. The first kappa shape index (κ1) is 21.0. The molecule has 3 heterocycles. The highest BCUT2D eigenvalue weighted by molar-refractivity contribution is 7.22. The molecule has 0 N–H and O–H groups in total. The molecule has 4 aromatic rings. The van der Waals surface area contributed by atoms with Crippen LogP contribution < -0.4 is 4.90 Å². The van der Waals surface area contributed by atoms with Crippen molar-refractivity contribution >= 4 is 44.4 Å². The van der Waals surface area contributed by atoms with Crippen molar-refractivity contribution in [2.75, 3.05) is 11.4 Å². The number of carbonyl (C=O) groups is 3. The summed E-state index contributed by atoms with van der Waals surface area (Å²) >= 11 is 1.41. The fourth-order valence-corrected chi connectivity index (χ4v) is 4.86. The Morgan fingerprint density at radius 2 is 1.73 bits per heavy atom. The van der Waals surface area contributed by atoms with Crippen molar-refractivity contribution in [2.45, 2.75) is 19.9 Å². The van der Waals surface area contributed by atoms with E-state index in [1.165, 1.54) is 21.8 Å². The number of pyridine rings is 1. The van der Waals surface area contributed by atoms with Crippen molar-refractivity contribution in [3.8, 4) is 0 Å². The van der Waals surface area contributed by atoms with Crippen LogP contribution >= 0.6 is 11.3 Å². The minimum atomic E-state index is -0.460. The molecule has 1 aliphatic heterocycles. The van der Waals surface area contributed by atoms with Gasteiger partial charge in [0.25, 0.3) is 11.8 Å². The minimum absolute atomic E-state index is 0.184. The second kappa shape index (κ2) is 8.55. The topological polar surface area (TPSA) is 83.5 Å². The summed E-state index contributed by atoms with van der Waals surface area (Å²) in [5.41, 5.74) is 3.30. The van der Waals surface area contributed by atoms with Gasteiger partial charge in [-0.05, 0) is 48.4 Å². The molecule has 0 fully saturated rings. The first-order valence-electron chi connectivity index (χ1n) is 10.6. The number of carbonyl (C=O) groups excluding carboxylic acids is 3. The summed E-state index contributed by atoms with van der Waals surface area (Å²) in [7, 11) is 0. The average molecular weight is 457 g/mol. The highest BCUT2D eigenvalue weighted by Gasteiger charge is 2.37. The van der Waals surface area contributed by atoms with Crippen LogP contribution in [-0.4, -0.2) is 39.1 Å². The Kier molecular flexibility index (Phi) is 5.43. The molecule has 5 rings (SSSR count). The van der Waals surface area contributed by atoms with Crippen LogP contribution in [0.3, 0.4) is 0 Å². The second-order valence-electron chi connectivity index (χ2n) is 7.70. The first-order chi connectivity index (χ1) is 16.0. The van der Waals surface area contributed by atoms with Crippen molar-refractivity contribution in [1.82, 2.24) is 14.9 Å². The number of fused-ring (bicyclic) bond motifs is 2. The van der Waals surface area contributed by atoms with Gasteiger partial charge in [0.1, 0.15) is 6.54 Å². The quantitative estimate of drug-likeness (QED) is 0.408. The van der Waals surface area contributed by atoms with Gasteiger partial charge in [0.05, 0.1) is 33.6 Å². The Balaban J connectivity index is 1.48. The molecule has 8 heteroatoms. The molecule has 0 saturated heterocycles. The van der Waals surface area contributed by atoms with Gasteiger partial charge in [0.2, 0.25) is 5.91 Å². The number of imide groups is 1. The van der Waals surface area contributed by atoms with Crippen molar-refractivity contribution in [3.05, 3.63) is 89.2 Å². The monoisotopic (exact) mass is 456 g/mol. The molecule has 1 aliphatic rings. The molecule has 33 heavy (non-hydrogen) atoms. The maximum absolute atomic E-state index is 13.5. The van der Waals surface area contributed by atoms with E-state index in [1.54, 1.807) is 36.5 Å². The van der Waals surface area contributed by atoms with Gasteiger partial charge in [-0.3, -0.25) is 29.2 Å². The van der Waals surface area contributed by atoms with Gasteiger partial charge < -0.3 is 0 Å². The number of hydrogen-bond donors (Lipinski definition) is 0. The molecule has 7 nitrogen and oxygen atoms in total. The van der Waals surface area contributed by atoms with Gasteiger partial charge in [-0.1, -0.05) is 42.5 Å². The third kappa shape index (κ3) is 3.89. The number of rotatable bonds is 6. The van der Waals surface area contributed by atoms with Crippen LogP contribution in [0.5, 0.6) is 0 Å². The van der Waals surface area contributed by atoms with E-state index in [4.69, 9.17) is 0 Å². The fourth-order valence-electron chi connectivity index (χ4n) is 3.81. The van der Waals surface area contributed by atoms with E-state index < -0.39 is 17.7 Å². The van der Waals surface area contributed by atoms with Crippen LogP contribution in [0.15, 0.2) is 66.9 Å². The van der Waals surface area contributed by atoms with Crippen LogP contribution in [0.2, 0.25) is 0 Å². The van der Waals surface area contributed by atoms with Crippen LogP contribution in [0.1, 0.15) is 38.9 Å². The highest BCUT2D eigenvalue weighted by Crippen LogP contribution is 2.31. The van der Waals surface area contributed by atoms with Gasteiger partial charge in [-0.2, -0.15) is 0 Å². The number of amides is 3. The zero-order valence-electron chi connectivity index (χ0n) is 17.9. The zero-order chi connectivity index (χ0) is 22.9. The van der Waals surface area contributed by atoms with Crippen LogP contribution in [0.25, 0.3) is 10.2 Å². The summed E-state index contributed by atoms with van der Waals surface area (Å²) in [6, 6.07) is 18.1. The molecule has 3 amide bonds. The third-order valence-electron chi connectivity index (χ3n) is 5.60. The normalized spacial score (nSPS) is 12.9. The molecule has 2 aromatic carbocycles. The van der Waals surface area contributed by atoms with Gasteiger partial charge in [-0.25, -0.2) is 4.98 Å². The Morgan fingerprint density at radius 3 is 2.39 bits per heavy atom. The van der Waals surface area contributed by atoms with Crippen molar-refractivity contribution in [2.24, 2.45) is 0 Å². The van der Waals surface area contributed by atoms with Crippen LogP contribution in [-0.2, 0) is 17.8 Å². The molecule has 0 bridgehead atoms. The van der Waals surface area contributed by atoms with Gasteiger partial charge in [0.15, 0.2) is 5.13 Å². The minimum Gasteiger partial charge on any atom is -0.280 e. The summed E-state index contributed by atoms with van der Waals surface area (Å²) in [6.45, 7) is 1.90. The maximum Gasteiger partial charge on any atom is 0.262 e. The van der Waals surface area contributed by atoms with Crippen LogP contribution in [0.4, 0.5) is 5.13 Å². The number of thiazole rings is 1. The van der Waals surface area contributed by atoms with E-state index in [-0.39, 0.29) is 13.1 Å². The van der Waals surface area contributed by atoms with Crippen LogP contribution in [0, 0.1) is 0 Å². The molecule has 2 aromatic heterocycles. The highest BCUT2D eigenvalue weighted by atomic mass is 32.1. The second-order valence-corrected chi connectivity index (χ2v) is 8.70. The van der Waals surface area contributed by atoms with Crippen molar-refractivity contribution in [3.63, 3.8) is 0 Å². The van der Waals surface area contributed by atoms with E-state index >= 15 is 0 Å². The number of aryl methyl sites for hydroxylation is 1. The lowest BCUT2D eigenvalue weighted by atomic mass is 10.1. The van der Waals surface area contributed by atoms with Crippen molar-refractivity contribution < 1.29 is 14.4 Å². The lowest BCUT2D eigenvalue weighted by molar-refractivity contribution is -0.119. The van der Waals surface area contributed by atoms with E-state index in [2.05, 4.69) is 23.0 Å². The number of aromatic nitrogens is 2. The van der Waals surface area contributed by atoms with E-state index in [0.717, 1.165) is 21.5 Å². The van der Waals surface area contributed by atoms with Gasteiger partial charge in [-0.15, -0.1) is 0 Å². The SMILES string of the molecule is CCc1ccc2nc(N(Cc3ccccn3)C(=O)CN3C(=O)c4ccccc4C3=O)sc2c1. The standard InChI is InChI=1S/C25H20N4O3S/c1-2-16-10-11-20-21(13-16)33-25(27-20)28(14-17-7-5-6-12-26-17)22(30)15-29-23(31)18-8-3-4-9-19(18)24(29)32/h3-13H,2,14-15H2,1H3. The summed E-state index contributed by atoms with van der Waals surface area (Å²) in [6.07, 6.45) is 2.56. The summed E-state index contributed by atoms with van der Waals surface area (Å²) in [5.74, 6) is -1.32. The Hall–Kier alpha value is -3.91. The number of benzene rings is 2. The molecule has 0 aliphatic carbocycles. The molecule has 0 spiro atoms. The Morgan fingerprint density at radius 1 is 1.00 bits per heavy atom. The van der Waals surface area contributed by atoms with Crippen molar-refractivity contribution in [1.29, 1.82) is 0 Å². The molecule has 0 atom stereocenters. The van der Waals surface area contributed by atoms with E-state index in [9.17, 15) is 14.4 Å². The number of anilines is 1. The molecular formula is C25H20N4O3S. The summed E-state index contributed by atoms with van der Waals surface area (Å²) in [4.78, 5) is 50.5. The summed E-state index contributed by atoms with van der Waals surface area (Å²) in [5, 5.41) is 0.505. The fraction of sp³-hybridized carbons (Fsp3) is 0.160. The van der Waals surface area contributed by atoms with E-state index in [1.807, 2.05) is 24.3 Å². The first-order valence-corrected chi connectivity index (χ1v) is 11.4. The average Bonchev–Trinajstić information content (AvgIpc) is 3.37. The molecule has 0 radical (unpaired) electrons. The lowest BCUT2D eigenvalue weighted by Crippen LogP contribution is -2.42. The predicted molar refractivity (Wildman–Crippen MR) is 126 cm³/mol. The van der Waals surface area contributed by atoms with Gasteiger partial charge in [0, 0.05) is 6.20 Å². The summed E-state index contributed by atoms with van der Waals surface area (Å²) < 4.78 is 0.976. The van der Waals surface area contributed by atoms with E-state index in [0.29, 0.717) is 22.0 Å². The Labute approximate surface area is 194 Å². The molecule has 0 saturated carbocycles. The maximum atomic E-state index is 13.5. The smallest absolute Gasteiger partial charge is 0.262 e. The zero-order valence-corrected chi connectivity index (χ0v) is 18.7. The van der Waals surface area contributed by atoms with Gasteiger partial charge >= 0.3 is 0 Å². The molecule has 0 unspecified atom stereocenters. The number of nitrogens with zero attached hydrogens (tertiary/aromatic N) is 4. The number of hydrogen-bond acceptors (Lipinski definition) is 6. The Bertz CT molecular complexity index is 1350.